The van der Waals surface area contributed by atoms with Crippen molar-refractivity contribution in [1.82, 2.24) is 4.90 Å². The minimum atomic E-state index is -0.980. The van der Waals surface area contributed by atoms with Gasteiger partial charge in [0.2, 0.25) is 6.29 Å². The Hall–Kier alpha value is -2.01. The minimum Gasteiger partial charge on any atom is -0.460 e. The summed E-state index contributed by atoms with van der Waals surface area (Å²) in [6.07, 6.45) is -0.980. The second-order valence-electron chi connectivity index (χ2n) is 6.99. The van der Waals surface area contributed by atoms with Crippen molar-refractivity contribution in [1.29, 1.82) is 0 Å². The first-order valence-electron chi connectivity index (χ1n) is 8.92. The van der Waals surface area contributed by atoms with Crippen LogP contribution in [0.5, 0.6) is 5.75 Å². The Kier molecular flexibility index (Phi) is 4.65. The summed E-state index contributed by atoms with van der Waals surface area (Å²) < 4.78 is 5.88. The third kappa shape index (κ3) is 3.20. The zero-order valence-electron chi connectivity index (χ0n) is 15.1. The molecular weight excluding hydrogens is 348 g/mol. The van der Waals surface area contributed by atoms with Crippen LogP contribution in [0.4, 0.5) is 5.69 Å². The van der Waals surface area contributed by atoms with Crippen molar-refractivity contribution in [3.05, 3.63) is 58.6 Å². The van der Waals surface area contributed by atoms with E-state index in [-0.39, 0.29) is 0 Å². The Morgan fingerprint density at radius 3 is 2.42 bits per heavy atom. The number of hydrogen-bond acceptors (Lipinski definition) is 4. The molecule has 136 valence electrons. The van der Waals surface area contributed by atoms with Gasteiger partial charge >= 0.3 is 0 Å². The average Bonchev–Trinajstić information content (AvgIpc) is 2.63. The van der Waals surface area contributed by atoms with Crippen LogP contribution in [0.3, 0.4) is 0 Å². The summed E-state index contributed by atoms with van der Waals surface area (Å²) in [4.78, 5) is 4.70. The number of benzene rings is 2. The standard InChI is InChI=1S/C21H23ClN2O2/c1-14-18-8-7-17(24-11-9-23(2)10-12-24)13-19(18)26-21(25)20(14)15-3-5-16(22)6-4-15/h3-8,13,21,25H,9-12H2,1-2H3. The van der Waals surface area contributed by atoms with Crippen molar-refractivity contribution in [2.45, 2.75) is 13.2 Å². The molecule has 1 N–H and O–H groups in total. The SMILES string of the molecule is CC1=C(c2ccc(Cl)cc2)C(O)Oc2cc(N3CCN(C)CC3)ccc21. The van der Waals surface area contributed by atoms with E-state index < -0.39 is 6.29 Å². The van der Waals surface area contributed by atoms with Crippen molar-refractivity contribution >= 4 is 28.4 Å². The smallest absolute Gasteiger partial charge is 0.225 e. The van der Waals surface area contributed by atoms with Gasteiger partial charge in [0.15, 0.2) is 0 Å². The Morgan fingerprint density at radius 1 is 1.04 bits per heavy atom. The number of ether oxygens (including phenoxy) is 1. The predicted octanol–water partition coefficient (Wildman–Crippen LogP) is 3.73. The highest BCUT2D eigenvalue weighted by Gasteiger charge is 2.27. The van der Waals surface area contributed by atoms with E-state index in [0.29, 0.717) is 5.02 Å². The molecule has 1 atom stereocenters. The van der Waals surface area contributed by atoms with E-state index in [4.69, 9.17) is 16.3 Å². The Balaban J connectivity index is 1.68. The molecule has 5 heteroatoms. The maximum absolute atomic E-state index is 10.6. The minimum absolute atomic E-state index is 0.676. The summed E-state index contributed by atoms with van der Waals surface area (Å²) in [5, 5.41) is 11.3. The van der Waals surface area contributed by atoms with Crippen molar-refractivity contribution in [2.75, 3.05) is 38.1 Å². The van der Waals surface area contributed by atoms with Crippen LogP contribution in [-0.4, -0.2) is 49.5 Å². The Morgan fingerprint density at radius 2 is 1.73 bits per heavy atom. The molecule has 0 radical (unpaired) electrons. The number of rotatable bonds is 2. The molecule has 2 aromatic rings. The molecule has 1 fully saturated rings. The highest BCUT2D eigenvalue weighted by Crippen LogP contribution is 2.41. The lowest BCUT2D eigenvalue weighted by Crippen LogP contribution is -2.44. The summed E-state index contributed by atoms with van der Waals surface area (Å²) >= 11 is 5.99. The highest BCUT2D eigenvalue weighted by atomic mass is 35.5. The van der Waals surface area contributed by atoms with E-state index in [2.05, 4.69) is 29.0 Å². The summed E-state index contributed by atoms with van der Waals surface area (Å²) in [6.45, 7) is 6.15. The van der Waals surface area contributed by atoms with E-state index in [1.807, 2.05) is 37.3 Å². The number of hydrogen-bond donors (Lipinski definition) is 1. The molecule has 1 saturated heterocycles. The lowest BCUT2D eigenvalue weighted by molar-refractivity contribution is 0.0315. The molecule has 2 aliphatic rings. The van der Waals surface area contributed by atoms with Crippen molar-refractivity contribution in [3.63, 3.8) is 0 Å². The molecule has 2 aliphatic heterocycles. The summed E-state index contributed by atoms with van der Waals surface area (Å²) in [5.74, 6) is 0.740. The van der Waals surface area contributed by atoms with Gasteiger partial charge in [0.25, 0.3) is 0 Å². The van der Waals surface area contributed by atoms with Crippen LogP contribution in [0.15, 0.2) is 42.5 Å². The third-order valence-electron chi connectivity index (χ3n) is 5.28. The molecule has 2 heterocycles. The van der Waals surface area contributed by atoms with Gasteiger partial charge in [-0.05, 0) is 49.4 Å². The zero-order valence-corrected chi connectivity index (χ0v) is 15.8. The highest BCUT2D eigenvalue weighted by molar-refractivity contribution is 6.30. The van der Waals surface area contributed by atoms with E-state index in [9.17, 15) is 5.11 Å². The lowest BCUT2D eigenvalue weighted by atomic mass is 9.92. The molecule has 0 saturated carbocycles. The maximum Gasteiger partial charge on any atom is 0.225 e. The van der Waals surface area contributed by atoms with Gasteiger partial charge in [0.05, 0.1) is 0 Å². The second kappa shape index (κ2) is 6.95. The number of nitrogens with zero attached hydrogens (tertiary/aromatic N) is 2. The molecule has 0 amide bonds. The van der Waals surface area contributed by atoms with Crippen LogP contribution in [0, 0.1) is 0 Å². The van der Waals surface area contributed by atoms with Crippen LogP contribution >= 0.6 is 11.6 Å². The molecule has 0 spiro atoms. The summed E-state index contributed by atoms with van der Waals surface area (Å²) in [5.41, 5.74) is 4.92. The van der Waals surface area contributed by atoms with E-state index >= 15 is 0 Å². The number of allylic oxidation sites excluding steroid dienone is 1. The summed E-state index contributed by atoms with van der Waals surface area (Å²) in [7, 11) is 2.15. The quantitative estimate of drug-likeness (QED) is 0.873. The van der Waals surface area contributed by atoms with Gasteiger partial charge in [-0.2, -0.15) is 0 Å². The van der Waals surface area contributed by atoms with Crippen LogP contribution in [0.2, 0.25) is 5.02 Å². The van der Waals surface area contributed by atoms with Crippen molar-refractivity contribution < 1.29 is 9.84 Å². The zero-order chi connectivity index (χ0) is 18.3. The fraction of sp³-hybridized carbons (Fsp3) is 0.333. The number of halogens is 1. The van der Waals surface area contributed by atoms with Gasteiger partial charge in [-0.3, -0.25) is 0 Å². The van der Waals surface area contributed by atoms with Crippen LogP contribution < -0.4 is 9.64 Å². The first-order valence-corrected chi connectivity index (χ1v) is 9.30. The van der Waals surface area contributed by atoms with Gasteiger partial charge in [0.1, 0.15) is 5.75 Å². The van der Waals surface area contributed by atoms with Crippen LogP contribution in [0.25, 0.3) is 11.1 Å². The van der Waals surface area contributed by atoms with Gasteiger partial charge < -0.3 is 19.6 Å². The molecule has 1 unspecified atom stereocenters. The molecule has 0 bridgehead atoms. The summed E-state index contributed by atoms with van der Waals surface area (Å²) in [6, 6.07) is 13.8. The molecule has 2 aromatic carbocycles. The van der Waals surface area contributed by atoms with Gasteiger partial charge in [-0.15, -0.1) is 0 Å². The van der Waals surface area contributed by atoms with E-state index in [0.717, 1.165) is 59.9 Å². The predicted molar refractivity (Wildman–Crippen MR) is 107 cm³/mol. The second-order valence-corrected chi connectivity index (χ2v) is 7.42. The van der Waals surface area contributed by atoms with Gasteiger partial charge in [0, 0.05) is 54.1 Å². The first kappa shape index (κ1) is 17.4. The molecule has 26 heavy (non-hydrogen) atoms. The fourth-order valence-corrected chi connectivity index (χ4v) is 3.80. The van der Waals surface area contributed by atoms with E-state index in [1.165, 1.54) is 0 Å². The number of aliphatic hydroxyl groups is 1. The largest absolute Gasteiger partial charge is 0.460 e. The molecule has 0 aromatic heterocycles. The molecule has 4 nitrogen and oxygen atoms in total. The lowest BCUT2D eigenvalue weighted by Gasteiger charge is -2.35. The van der Waals surface area contributed by atoms with Crippen LogP contribution in [0.1, 0.15) is 18.1 Å². The van der Waals surface area contributed by atoms with Gasteiger partial charge in [-0.1, -0.05) is 23.7 Å². The number of likely N-dealkylation sites (N-methyl/N-ethyl adjacent to an activating group) is 1. The third-order valence-corrected chi connectivity index (χ3v) is 5.53. The number of piperazine rings is 1. The van der Waals surface area contributed by atoms with Crippen molar-refractivity contribution in [2.24, 2.45) is 0 Å². The molecule has 4 rings (SSSR count). The molecular formula is C21H23ClN2O2. The number of anilines is 1. The molecule has 0 aliphatic carbocycles. The average molecular weight is 371 g/mol. The van der Waals surface area contributed by atoms with Crippen LogP contribution in [-0.2, 0) is 0 Å². The number of fused-ring (bicyclic) bond motifs is 1. The van der Waals surface area contributed by atoms with E-state index in [1.54, 1.807) is 0 Å². The Bertz CT molecular complexity index is 840. The normalized spacial score (nSPS) is 20.8. The number of aliphatic hydroxyl groups excluding tert-OH is 1. The first-order chi connectivity index (χ1) is 12.5. The fourth-order valence-electron chi connectivity index (χ4n) is 3.68. The van der Waals surface area contributed by atoms with Gasteiger partial charge in [-0.25, -0.2) is 0 Å². The topological polar surface area (TPSA) is 35.9 Å². The Labute approximate surface area is 159 Å². The monoisotopic (exact) mass is 370 g/mol. The maximum atomic E-state index is 10.6. The van der Waals surface area contributed by atoms with Crippen molar-refractivity contribution in [3.8, 4) is 5.75 Å².